The van der Waals surface area contributed by atoms with E-state index in [0.29, 0.717) is 34.6 Å². The van der Waals surface area contributed by atoms with Crippen LogP contribution < -0.4 is 10.6 Å². The van der Waals surface area contributed by atoms with E-state index < -0.39 is 23.6 Å². The molecule has 4 rings (SSSR count). The third kappa shape index (κ3) is 5.02. The van der Waals surface area contributed by atoms with Gasteiger partial charge in [0.2, 0.25) is 0 Å². The van der Waals surface area contributed by atoms with Crippen LogP contribution in [0.1, 0.15) is 50.4 Å². The Morgan fingerprint density at radius 2 is 1.86 bits per heavy atom. The lowest BCUT2D eigenvalue weighted by molar-refractivity contribution is -0.138. The molecule has 2 aromatic carbocycles. The number of amides is 2. The first-order valence-electron chi connectivity index (χ1n) is 11.0. The number of nitrogens with one attached hydrogen (secondary N) is 3. The molecule has 0 bridgehead atoms. The van der Waals surface area contributed by atoms with Crippen LogP contribution in [0.25, 0.3) is 11.6 Å². The summed E-state index contributed by atoms with van der Waals surface area (Å²) < 4.78 is 38.9. The van der Waals surface area contributed by atoms with E-state index in [1.54, 1.807) is 18.2 Å². The number of H-pyrrole nitrogens is 1. The molecule has 0 atom stereocenters. The normalized spacial score (nSPS) is 14.0. The zero-order valence-electron chi connectivity index (χ0n) is 19.3. The summed E-state index contributed by atoms with van der Waals surface area (Å²) in [5.41, 5.74) is 3.91. The molecule has 1 aliphatic rings. The number of fused-ring (bicyclic) bond motifs is 1. The molecule has 3 aromatic rings. The molecule has 0 saturated carbocycles. The first-order chi connectivity index (χ1) is 16.9. The van der Waals surface area contributed by atoms with Crippen LogP contribution in [0.2, 0.25) is 0 Å². The summed E-state index contributed by atoms with van der Waals surface area (Å²) in [7, 11) is 0. The van der Waals surface area contributed by atoms with Gasteiger partial charge in [0.15, 0.2) is 0 Å². The SMILES string of the molecule is Cc1[nH]c(/C=C2\C(=O)Nc3cc(NC(=O)c4cccc(C(F)(F)F)c4)ccc32)c(C)c1CCC(=O)O. The number of aromatic nitrogens is 1. The smallest absolute Gasteiger partial charge is 0.416 e. The summed E-state index contributed by atoms with van der Waals surface area (Å²) in [4.78, 5) is 39.3. The van der Waals surface area contributed by atoms with Crippen LogP contribution >= 0.6 is 0 Å². The molecule has 0 aliphatic carbocycles. The fourth-order valence-electron chi connectivity index (χ4n) is 4.17. The van der Waals surface area contributed by atoms with Crippen LogP contribution in [0, 0.1) is 13.8 Å². The number of carboxylic acids is 1. The largest absolute Gasteiger partial charge is 0.481 e. The molecule has 7 nitrogen and oxygen atoms in total. The highest BCUT2D eigenvalue weighted by atomic mass is 19.4. The monoisotopic (exact) mass is 497 g/mol. The number of benzene rings is 2. The fraction of sp³-hybridized carbons (Fsp3) is 0.192. The second-order valence-electron chi connectivity index (χ2n) is 8.47. The molecule has 1 aliphatic heterocycles. The second-order valence-corrected chi connectivity index (χ2v) is 8.47. The predicted molar refractivity (Wildman–Crippen MR) is 129 cm³/mol. The lowest BCUT2D eigenvalue weighted by atomic mass is 10.0. The first-order valence-corrected chi connectivity index (χ1v) is 11.0. The van der Waals surface area contributed by atoms with Crippen molar-refractivity contribution >= 4 is 40.8 Å². The summed E-state index contributed by atoms with van der Waals surface area (Å²) in [5.74, 6) is -1.97. The zero-order chi connectivity index (χ0) is 26.2. The maximum atomic E-state index is 13.0. The fourth-order valence-corrected chi connectivity index (χ4v) is 4.17. The number of alkyl halides is 3. The Morgan fingerprint density at radius 3 is 2.56 bits per heavy atom. The van der Waals surface area contributed by atoms with E-state index in [1.807, 2.05) is 13.8 Å². The van der Waals surface area contributed by atoms with Crippen molar-refractivity contribution < 1.29 is 32.7 Å². The van der Waals surface area contributed by atoms with Crippen LogP contribution in [-0.4, -0.2) is 27.9 Å². The highest BCUT2D eigenvalue weighted by Crippen LogP contribution is 2.36. The maximum Gasteiger partial charge on any atom is 0.416 e. The van der Waals surface area contributed by atoms with Gasteiger partial charge in [-0.3, -0.25) is 14.4 Å². The third-order valence-electron chi connectivity index (χ3n) is 6.02. The van der Waals surface area contributed by atoms with E-state index >= 15 is 0 Å². The van der Waals surface area contributed by atoms with E-state index in [4.69, 9.17) is 5.11 Å². The average Bonchev–Trinajstić information content (AvgIpc) is 3.26. The number of rotatable bonds is 6. The number of carbonyl (C=O) groups is 3. The van der Waals surface area contributed by atoms with Crippen molar-refractivity contribution in [3.8, 4) is 0 Å². The van der Waals surface area contributed by atoms with Gasteiger partial charge in [0.05, 0.1) is 16.8 Å². The van der Waals surface area contributed by atoms with Crippen molar-refractivity contribution in [1.82, 2.24) is 4.98 Å². The lowest BCUT2D eigenvalue weighted by Gasteiger charge is -2.10. The van der Waals surface area contributed by atoms with Gasteiger partial charge in [-0.25, -0.2) is 0 Å². The minimum absolute atomic E-state index is 0.00609. The van der Waals surface area contributed by atoms with Crippen LogP contribution in [0.4, 0.5) is 24.5 Å². The lowest BCUT2D eigenvalue weighted by Crippen LogP contribution is -2.14. The summed E-state index contributed by atoms with van der Waals surface area (Å²) in [6, 6.07) is 8.83. The number of aryl methyl sites for hydroxylation is 1. The molecule has 2 heterocycles. The first kappa shape index (κ1) is 24.8. The quantitative estimate of drug-likeness (QED) is 0.341. The van der Waals surface area contributed by atoms with E-state index in [9.17, 15) is 27.6 Å². The van der Waals surface area contributed by atoms with E-state index in [2.05, 4.69) is 15.6 Å². The van der Waals surface area contributed by atoms with Gasteiger partial charge < -0.3 is 20.7 Å². The predicted octanol–water partition coefficient (Wildman–Crippen LogP) is 5.41. The molecular formula is C26H22F3N3O4. The Labute approximate surface area is 204 Å². The van der Waals surface area contributed by atoms with E-state index in [-0.39, 0.29) is 17.9 Å². The number of hydrogen-bond donors (Lipinski definition) is 4. The minimum atomic E-state index is -4.57. The molecule has 0 fully saturated rings. The molecule has 10 heteroatoms. The Balaban J connectivity index is 1.57. The molecule has 0 radical (unpaired) electrons. The van der Waals surface area contributed by atoms with Crippen LogP contribution in [0.3, 0.4) is 0 Å². The van der Waals surface area contributed by atoms with Crippen molar-refractivity contribution in [2.24, 2.45) is 0 Å². The van der Waals surface area contributed by atoms with Gasteiger partial charge in [0.25, 0.3) is 11.8 Å². The Morgan fingerprint density at radius 1 is 1.11 bits per heavy atom. The van der Waals surface area contributed by atoms with Crippen molar-refractivity contribution in [1.29, 1.82) is 0 Å². The van der Waals surface area contributed by atoms with Gasteiger partial charge in [-0.1, -0.05) is 12.1 Å². The van der Waals surface area contributed by atoms with Crippen LogP contribution in [0.15, 0.2) is 42.5 Å². The number of anilines is 2. The number of aliphatic carboxylic acids is 1. The molecule has 0 spiro atoms. The number of carbonyl (C=O) groups excluding carboxylic acids is 2. The topological polar surface area (TPSA) is 111 Å². The van der Waals surface area contributed by atoms with Crippen LogP contribution in [-0.2, 0) is 22.2 Å². The summed E-state index contributed by atoms with van der Waals surface area (Å²) in [6.45, 7) is 3.70. The average molecular weight is 497 g/mol. The Hall–Kier alpha value is -4.34. The number of hydrogen-bond acceptors (Lipinski definition) is 3. The Bertz CT molecular complexity index is 1420. The molecule has 4 N–H and O–H groups in total. The Kier molecular flexibility index (Phi) is 6.45. The standard InChI is InChI=1S/C26H22F3N3O4/c1-13-18(8-9-23(33)34)14(2)30-21(13)12-20-19-7-6-17(11-22(19)32-25(20)36)31-24(35)15-4-3-5-16(10-15)26(27,28)29/h3-7,10-12,30H,8-9H2,1-2H3,(H,31,35)(H,32,36)(H,33,34)/b20-12-. The van der Waals surface area contributed by atoms with Gasteiger partial charge >= 0.3 is 12.1 Å². The van der Waals surface area contributed by atoms with E-state index in [0.717, 1.165) is 35.0 Å². The van der Waals surface area contributed by atoms with Gasteiger partial charge in [-0.05, 0) is 67.8 Å². The number of aromatic amines is 1. The zero-order valence-corrected chi connectivity index (χ0v) is 19.3. The summed E-state index contributed by atoms with van der Waals surface area (Å²) in [6.07, 6.45) is -2.52. The highest BCUT2D eigenvalue weighted by molar-refractivity contribution is 6.35. The van der Waals surface area contributed by atoms with Crippen molar-refractivity contribution in [3.63, 3.8) is 0 Å². The molecule has 1 aromatic heterocycles. The molecule has 0 saturated heterocycles. The van der Waals surface area contributed by atoms with Gasteiger partial charge in [-0.15, -0.1) is 0 Å². The van der Waals surface area contributed by atoms with Gasteiger partial charge in [0.1, 0.15) is 0 Å². The van der Waals surface area contributed by atoms with Gasteiger partial charge in [-0.2, -0.15) is 13.2 Å². The summed E-state index contributed by atoms with van der Waals surface area (Å²) >= 11 is 0. The van der Waals surface area contributed by atoms with Crippen molar-refractivity contribution in [2.75, 3.05) is 10.6 Å². The second kappa shape index (κ2) is 9.37. The third-order valence-corrected chi connectivity index (χ3v) is 6.02. The van der Waals surface area contributed by atoms with Crippen molar-refractivity contribution in [3.05, 3.63) is 81.7 Å². The molecule has 2 amide bonds. The van der Waals surface area contributed by atoms with Crippen LogP contribution in [0.5, 0.6) is 0 Å². The van der Waals surface area contributed by atoms with E-state index in [1.165, 1.54) is 12.1 Å². The van der Waals surface area contributed by atoms with Gasteiger partial charge in [0, 0.05) is 34.6 Å². The van der Waals surface area contributed by atoms with Crippen molar-refractivity contribution in [2.45, 2.75) is 32.9 Å². The summed E-state index contributed by atoms with van der Waals surface area (Å²) in [5, 5.41) is 14.3. The number of carboxylic acid groups (broad SMARTS) is 1. The highest BCUT2D eigenvalue weighted by Gasteiger charge is 2.31. The number of halogens is 3. The minimum Gasteiger partial charge on any atom is -0.481 e. The molecule has 36 heavy (non-hydrogen) atoms. The maximum absolute atomic E-state index is 13.0. The molecular weight excluding hydrogens is 475 g/mol. The molecule has 186 valence electrons. The molecule has 0 unspecified atom stereocenters.